The topological polar surface area (TPSA) is 122 Å². The fourth-order valence-corrected chi connectivity index (χ4v) is 5.54. The van der Waals surface area contributed by atoms with Crippen LogP contribution >= 0.6 is 11.6 Å². The Bertz CT molecular complexity index is 1480. The average molecular weight is 560 g/mol. The highest BCUT2D eigenvalue weighted by atomic mass is 35.5. The highest BCUT2D eigenvalue weighted by molar-refractivity contribution is 6.33. The Morgan fingerprint density at radius 1 is 0.850 bits per heavy atom. The third-order valence-electron chi connectivity index (χ3n) is 7.30. The molecule has 9 nitrogen and oxygen atoms in total. The van der Waals surface area contributed by atoms with E-state index in [1.54, 1.807) is 24.3 Å². The van der Waals surface area contributed by atoms with Crippen LogP contribution in [0.3, 0.4) is 0 Å². The normalized spacial score (nSPS) is 20.0. The van der Waals surface area contributed by atoms with Gasteiger partial charge in [0.15, 0.2) is 6.61 Å². The number of carbonyl (C=O) groups is 5. The summed E-state index contributed by atoms with van der Waals surface area (Å²) >= 11 is 5.96. The number of hydrazine groups is 1. The number of nitrogens with zero attached hydrogens (tertiary/aromatic N) is 1. The first-order valence-corrected chi connectivity index (χ1v) is 13.2. The van der Waals surface area contributed by atoms with E-state index in [-0.39, 0.29) is 45.5 Å². The standard InChI is InChI=1S/C30H26ClN3O6/c31-25-12-5-4-11-23(25)27(36)33-32-26(35)17-40-30(39)20-9-6-10-21(15-20)34-28(37)22-14-13-19(16-24(22)29(34)38)18-7-2-1-3-8-18/h1-12,15,19,22,24H,13-14,16-17H2,(H,32,35)(H,33,36)/t19-,22+,24-/m0/s1. The van der Waals surface area contributed by atoms with Crippen LogP contribution in [0.4, 0.5) is 5.69 Å². The molecule has 0 bridgehead atoms. The number of ether oxygens (including phenoxy) is 1. The van der Waals surface area contributed by atoms with Gasteiger partial charge in [0.25, 0.3) is 11.8 Å². The summed E-state index contributed by atoms with van der Waals surface area (Å²) in [6.07, 6.45) is 2.04. The Balaban J connectivity index is 1.19. The molecular weight excluding hydrogens is 534 g/mol. The van der Waals surface area contributed by atoms with E-state index < -0.39 is 30.3 Å². The smallest absolute Gasteiger partial charge is 0.338 e. The molecule has 0 unspecified atom stereocenters. The Morgan fingerprint density at radius 3 is 2.35 bits per heavy atom. The average Bonchev–Trinajstić information content (AvgIpc) is 3.24. The van der Waals surface area contributed by atoms with Crippen molar-refractivity contribution in [2.75, 3.05) is 11.5 Å². The van der Waals surface area contributed by atoms with Gasteiger partial charge in [0.2, 0.25) is 11.8 Å². The molecule has 0 aromatic heterocycles. The van der Waals surface area contributed by atoms with Crippen molar-refractivity contribution in [3.05, 3.63) is 101 Å². The number of benzene rings is 3. The van der Waals surface area contributed by atoms with Crippen molar-refractivity contribution in [3.63, 3.8) is 0 Å². The number of amides is 4. The van der Waals surface area contributed by atoms with Crippen LogP contribution in [0, 0.1) is 11.8 Å². The summed E-state index contributed by atoms with van der Waals surface area (Å²) in [4.78, 5) is 64.7. The molecule has 2 fully saturated rings. The molecule has 1 heterocycles. The number of nitrogens with one attached hydrogen (secondary N) is 2. The number of fused-ring (bicyclic) bond motifs is 1. The molecule has 3 aromatic carbocycles. The van der Waals surface area contributed by atoms with Crippen molar-refractivity contribution < 1.29 is 28.7 Å². The van der Waals surface area contributed by atoms with Gasteiger partial charge in [0.05, 0.1) is 33.7 Å². The molecule has 2 N–H and O–H groups in total. The quantitative estimate of drug-likeness (QED) is 0.267. The fourth-order valence-electron chi connectivity index (χ4n) is 5.32. The second-order valence-electron chi connectivity index (χ2n) is 9.75. The monoisotopic (exact) mass is 559 g/mol. The summed E-state index contributed by atoms with van der Waals surface area (Å²) < 4.78 is 5.06. The minimum absolute atomic E-state index is 0.0723. The van der Waals surface area contributed by atoms with E-state index in [0.29, 0.717) is 12.8 Å². The van der Waals surface area contributed by atoms with Crippen molar-refractivity contribution in [2.45, 2.75) is 25.2 Å². The van der Waals surface area contributed by atoms with Crippen molar-refractivity contribution in [3.8, 4) is 0 Å². The maximum Gasteiger partial charge on any atom is 0.338 e. The van der Waals surface area contributed by atoms with Crippen LogP contribution in [0.1, 0.15) is 51.5 Å². The number of halogens is 1. The van der Waals surface area contributed by atoms with Crippen LogP contribution in [-0.4, -0.2) is 36.2 Å². The van der Waals surface area contributed by atoms with E-state index in [1.165, 1.54) is 24.3 Å². The number of anilines is 1. The molecule has 1 aliphatic carbocycles. The molecular formula is C30H26ClN3O6. The molecule has 3 atom stereocenters. The molecule has 3 aromatic rings. The molecule has 0 spiro atoms. The minimum Gasteiger partial charge on any atom is -0.452 e. The van der Waals surface area contributed by atoms with Crippen molar-refractivity contribution in [1.29, 1.82) is 0 Å². The van der Waals surface area contributed by atoms with E-state index in [4.69, 9.17) is 16.3 Å². The zero-order valence-corrected chi connectivity index (χ0v) is 22.1. The second-order valence-corrected chi connectivity index (χ2v) is 10.2. The number of carbonyl (C=O) groups excluding carboxylic acids is 5. The molecule has 5 rings (SSSR count). The third-order valence-corrected chi connectivity index (χ3v) is 7.63. The predicted octanol–water partition coefficient (Wildman–Crippen LogP) is 4.03. The van der Waals surface area contributed by atoms with Crippen LogP contribution in [0.2, 0.25) is 5.02 Å². The lowest BCUT2D eigenvalue weighted by Crippen LogP contribution is -2.43. The largest absolute Gasteiger partial charge is 0.452 e. The van der Waals surface area contributed by atoms with E-state index in [9.17, 15) is 24.0 Å². The lowest BCUT2D eigenvalue weighted by atomic mass is 9.73. The highest BCUT2D eigenvalue weighted by Crippen LogP contribution is 2.45. The van der Waals surface area contributed by atoms with Crippen LogP contribution in [0.25, 0.3) is 0 Å². The number of imide groups is 1. The minimum atomic E-state index is -0.824. The molecule has 10 heteroatoms. The zero-order valence-electron chi connectivity index (χ0n) is 21.3. The van der Waals surface area contributed by atoms with Gasteiger partial charge < -0.3 is 4.74 Å². The third kappa shape index (κ3) is 5.60. The highest BCUT2D eigenvalue weighted by Gasteiger charge is 2.50. The molecule has 1 saturated carbocycles. The van der Waals surface area contributed by atoms with E-state index >= 15 is 0 Å². The number of hydrogen-bond donors (Lipinski definition) is 2. The van der Waals surface area contributed by atoms with Crippen LogP contribution < -0.4 is 15.8 Å². The maximum absolute atomic E-state index is 13.4. The first-order chi connectivity index (χ1) is 19.3. The van der Waals surface area contributed by atoms with Crippen LogP contribution in [-0.2, 0) is 19.1 Å². The molecule has 0 radical (unpaired) electrons. The zero-order chi connectivity index (χ0) is 28.2. The molecule has 1 saturated heterocycles. The lowest BCUT2D eigenvalue weighted by Gasteiger charge is -2.28. The van der Waals surface area contributed by atoms with Gasteiger partial charge >= 0.3 is 5.97 Å². The number of esters is 1. The van der Waals surface area contributed by atoms with Gasteiger partial charge in [-0.25, -0.2) is 4.79 Å². The number of rotatable bonds is 6. The summed E-state index contributed by atoms with van der Waals surface area (Å²) in [5, 5.41) is 0.214. The first kappa shape index (κ1) is 27.1. The van der Waals surface area contributed by atoms with Gasteiger partial charge in [-0.2, -0.15) is 0 Å². The fraction of sp³-hybridized carbons (Fsp3) is 0.233. The Labute approximate surface area is 235 Å². The SMILES string of the molecule is O=C(COC(=O)c1cccc(N2C(=O)[C@H]3C[C@@H](c4ccccc4)CC[C@H]3C2=O)c1)NNC(=O)c1ccccc1Cl. The summed E-state index contributed by atoms with van der Waals surface area (Å²) in [6.45, 7) is -0.668. The van der Waals surface area contributed by atoms with E-state index in [0.717, 1.165) is 16.9 Å². The van der Waals surface area contributed by atoms with Gasteiger partial charge in [-0.3, -0.25) is 34.9 Å². The molecule has 40 heavy (non-hydrogen) atoms. The molecule has 204 valence electrons. The maximum atomic E-state index is 13.4. The van der Waals surface area contributed by atoms with Crippen LogP contribution in [0.15, 0.2) is 78.9 Å². The van der Waals surface area contributed by atoms with Crippen molar-refractivity contribution in [2.24, 2.45) is 11.8 Å². The second kappa shape index (κ2) is 11.7. The Hall–Kier alpha value is -4.50. The van der Waals surface area contributed by atoms with Gasteiger partial charge in [0.1, 0.15) is 0 Å². The van der Waals surface area contributed by atoms with E-state index in [1.807, 2.05) is 30.3 Å². The Morgan fingerprint density at radius 2 is 1.57 bits per heavy atom. The summed E-state index contributed by atoms with van der Waals surface area (Å²) in [6, 6.07) is 22.3. The van der Waals surface area contributed by atoms with Crippen LogP contribution in [0.5, 0.6) is 0 Å². The number of hydrogen-bond acceptors (Lipinski definition) is 6. The summed E-state index contributed by atoms with van der Waals surface area (Å²) in [7, 11) is 0. The summed E-state index contributed by atoms with van der Waals surface area (Å²) in [5.41, 5.74) is 6.04. The molecule has 1 aliphatic heterocycles. The summed E-state index contributed by atoms with van der Waals surface area (Å²) in [5.74, 6) is -3.34. The Kier molecular flexibility index (Phi) is 7.93. The van der Waals surface area contributed by atoms with Gasteiger partial charge in [-0.1, -0.05) is 60.1 Å². The van der Waals surface area contributed by atoms with Gasteiger partial charge in [-0.15, -0.1) is 0 Å². The van der Waals surface area contributed by atoms with Gasteiger partial charge in [0, 0.05) is 0 Å². The molecule has 4 amide bonds. The predicted molar refractivity (Wildman–Crippen MR) is 146 cm³/mol. The van der Waals surface area contributed by atoms with Gasteiger partial charge in [-0.05, 0) is 61.1 Å². The van der Waals surface area contributed by atoms with Crippen molar-refractivity contribution in [1.82, 2.24) is 10.9 Å². The van der Waals surface area contributed by atoms with Crippen molar-refractivity contribution >= 4 is 46.9 Å². The molecule has 2 aliphatic rings. The lowest BCUT2D eigenvalue weighted by molar-refractivity contribution is -0.125. The first-order valence-electron chi connectivity index (χ1n) is 12.9. The van der Waals surface area contributed by atoms with E-state index in [2.05, 4.69) is 10.9 Å².